The first-order valence-electron chi connectivity index (χ1n) is 7.98. The molecule has 3 aromatic rings. The van der Waals surface area contributed by atoms with Crippen molar-refractivity contribution in [3.63, 3.8) is 0 Å². The third-order valence-electron chi connectivity index (χ3n) is 4.03. The van der Waals surface area contributed by atoms with E-state index in [0.717, 1.165) is 5.82 Å². The van der Waals surface area contributed by atoms with Gasteiger partial charge >= 0.3 is 0 Å². The highest BCUT2D eigenvalue weighted by Gasteiger charge is 2.22. The molecule has 0 aliphatic rings. The Hall–Kier alpha value is -2.87. The molecule has 2 heterocycles. The number of ether oxygens (including phenoxy) is 1. The van der Waals surface area contributed by atoms with E-state index in [-0.39, 0.29) is 12.5 Å². The molecule has 9 heteroatoms. The monoisotopic (exact) mass is 374 g/mol. The Bertz CT molecular complexity index is 949. The number of imidazole rings is 1. The Kier molecular flexibility index (Phi) is 4.94. The number of nitrogens with two attached hydrogens (primary N) is 1. The van der Waals surface area contributed by atoms with Crippen molar-refractivity contribution < 1.29 is 9.53 Å². The van der Waals surface area contributed by atoms with Crippen LogP contribution in [0.15, 0.2) is 30.6 Å². The van der Waals surface area contributed by atoms with E-state index < -0.39 is 5.91 Å². The van der Waals surface area contributed by atoms with Gasteiger partial charge in [0.2, 0.25) is 5.91 Å². The van der Waals surface area contributed by atoms with Crippen molar-refractivity contribution in [3.8, 4) is 11.4 Å². The molecule has 8 nitrogen and oxygen atoms in total. The molecule has 3 rings (SSSR count). The van der Waals surface area contributed by atoms with Crippen molar-refractivity contribution in [2.45, 2.75) is 26.3 Å². The van der Waals surface area contributed by atoms with Crippen LogP contribution in [0, 0.1) is 6.92 Å². The molecule has 1 atom stereocenters. The Balaban J connectivity index is 2.18. The van der Waals surface area contributed by atoms with Crippen LogP contribution in [0.3, 0.4) is 0 Å². The first-order valence-corrected chi connectivity index (χ1v) is 8.36. The number of carbonyl (C=O) groups is 1. The molecule has 0 radical (unpaired) electrons. The van der Waals surface area contributed by atoms with Crippen LogP contribution in [0.2, 0.25) is 5.02 Å². The van der Waals surface area contributed by atoms with Crippen molar-refractivity contribution in [2.24, 2.45) is 5.73 Å². The van der Waals surface area contributed by atoms with Gasteiger partial charge in [-0.25, -0.2) is 14.6 Å². The maximum Gasteiger partial charge on any atom is 0.225 e. The second-order valence-electron chi connectivity index (χ2n) is 5.81. The van der Waals surface area contributed by atoms with E-state index in [9.17, 15) is 4.79 Å². The van der Waals surface area contributed by atoms with Gasteiger partial charge in [-0.3, -0.25) is 4.79 Å². The Labute approximate surface area is 155 Å². The minimum absolute atomic E-state index is 0.0570. The number of methoxy groups -OCH3 is 1. The zero-order chi connectivity index (χ0) is 18.8. The Morgan fingerprint density at radius 3 is 2.81 bits per heavy atom. The number of primary amides is 1. The molecule has 0 unspecified atom stereocenters. The Morgan fingerprint density at radius 1 is 1.42 bits per heavy atom. The summed E-state index contributed by atoms with van der Waals surface area (Å²) in [5.41, 5.74) is 5.94. The van der Waals surface area contributed by atoms with Crippen LogP contribution in [0.25, 0.3) is 5.69 Å². The van der Waals surface area contributed by atoms with Gasteiger partial charge in [-0.2, -0.15) is 5.10 Å². The summed E-state index contributed by atoms with van der Waals surface area (Å²) in [5, 5.41) is 5.00. The van der Waals surface area contributed by atoms with Gasteiger partial charge in [-0.15, -0.1) is 0 Å². The first kappa shape index (κ1) is 17.9. The van der Waals surface area contributed by atoms with Crippen LogP contribution in [0.1, 0.15) is 30.4 Å². The average molecular weight is 375 g/mol. The van der Waals surface area contributed by atoms with Crippen molar-refractivity contribution in [1.29, 1.82) is 0 Å². The fourth-order valence-electron chi connectivity index (χ4n) is 2.80. The number of aryl methyl sites for hydroxylation is 1. The zero-order valence-corrected chi connectivity index (χ0v) is 15.4. The summed E-state index contributed by atoms with van der Waals surface area (Å²) in [4.78, 5) is 20.1. The highest BCUT2D eigenvalue weighted by Crippen LogP contribution is 2.29. The number of nitrogens with zero attached hydrogens (tertiary/aromatic N) is 5. The molecule has 0 saturated heterocycles. The largest absolute Gasteiger partial charge is 0.494 e. The molecule has 0 bridgehead atoms. The normalized spacial score (nSPS) is 12.2. The lowest BCUT2D eigenvalue weighted by Crippen LogP contribution is -2.15. The molecule has 0 spiro atoms. The van der Waals surface area contributed by atoms with Crippen molar-refractivity contribution in [1.82, 2.24) is 24.3 Å². The summed E-state index contributed by atoms with van der Waals surface area (Å²) < 4.78 is 9.03. The van der Waals surface area contributed by atoms with E-state index in [1.807, 2.05) is 24.6 Å². The fourth-order valence-corrected chi connectivity index (χ4v) is 2.96. The van der Waals surface area contributed by atoms with Gasteiger partial charge in [0.25, 0.3) is 0 Å². The van der Waals surface area contributed by atoms with Crippen LogP contribution in [-0.4, -0.2) is 37.3 Å². The zero-order valence-electron chi connectivity index (χ0n) is 14.7. The highest BCUT2D eigenvalue weighted by molar-refractivity contribution is 6.30. The summed E-state index contributed by atoms with van der Waals surface area (Å²) in [6, 6.07) is 5.04. The van der Waals surface area contributed by atoms with Gasteiger partial charge in [-0.05, 0) is 32.0 Å². The number of rotatable bonds is 6. The number of hydrogen-bond donors (Lipinski definition) is 1. The van der Waals surface area contributed by atoms with E-state index in [4.69, 9.17) is 22.1 Å². The van der Waals surface area contributed by atoms with Gasteiger partial charge in [0.15, 0.2) is 11.6 Å². The summed E-state index contributed by atoms with van der Waals surface area (Å²) in [6.07, 6.45) is 3.53. The van der Waals surface area contributed by atoms with Crippen LogP contribution >= 0.6 is 11.6 Å². The molecular formula is C17H19ClN6O2. The SMILES string of the molecule is COc1ccc(Cl)cc1-n1nc(CC(N)=O)nc1[C@@H](C)n1ccnc1C. The molecule has 0 fully saturated rings. The molecule has 0 aliphatic carbocycles. The van der Waals surface area contributed by atoms with Crippen LogP contribution in [0.5, 0.6) is 5.75 Å². The third kappa shape index (κ3) is 3.41. The Morgan fingerprint density at radius 2 is 2.19 bits per heavy atom. The van der Waals surface area contributed by atoms with Gasteiger partial charge in [0, 0.05) is 17.4 Å². The summed E-state index contributed by atoms with van der Waals surface area (Å²) in [6.45, 7) is 3.88. The lowest BCUT2D eigenvalue weighted by molar-refractivity contribution is -0.117. The van der Waals surface area contributed by atoms with E-state index in [0.29, 0.717) is 28.1 Å². The molecule has 2 N–H and O–H groups in total. The number of aromatic nitrogens is 5. The minimum Gasteiger partial charge on any atom is -0.494 e. The van der Waals surface area contributed by atoms with Gasteiger partial charge in [0.05, 0.1) is 19.6 Å². The average Bonchev–Trinajstić information content (AvgIpc) is 3.20. The molecule has 2 aromatic heterocycles. The first-order chi connectivity index (χ1) is 12.4. The second-order valence-corrected chi connectivity index (χ2v) is 6.25. The summed E-state index contributed by atoms with van der Waals surface area (Å²) in [5.74, 6) is 1.86. The second kappa shape index (κ2) is 7.17. The van der Waals surface area contributed by atoms with Crippen molar-refractivity contribution >= 4 is 17.5 Å². The molecule has 0 saturated carbocycles. The number of amides is 1. The maximum absolute atomic E-state index is 11.3. The lowest BCUT2D eigenvalue weighted by Gasteiger charge is -2.17. The van der Waals surface area contributed by atoms with Gasteiger partial charge in [-0.1, -0.05) is 11.6 Å². The highest BCUT2D eigenvalue weighted by atomic mass is 35.5. The molecule has 26 heavy (non-hydrogen) atoms. The van der Waals surface area contributed by atoms with Crippen LogP contribution < -0.4 is 10.5 Å². The summed E-state index contributed by atoms with van der Waals surface area (Å²) in [7, 11) is 1.57. The van der Waals surface area contributed by atoms with Crippen molar-refractivity contribution in [2.75, 3.05) is 7.11 Å². The smallest absolute Gasteiger partial charge is 0.225 e. The predicted molar refractivity (Wildman–Crippen MR) is 96.6 cm³/mol. The minimum atomic E-state index is -0.502. The van der Waals surface area contributed by atoms with E-state index in [1.165, 1.54) is 0 Å². The van der Waals surface area contributed by atoms with Gasteiger partial charge < -0.3 is 15.0 Å². The lowest BCUT2D eigenvalue weighted by atomic mass is 10.2. The number of carbonyl (C=O) groups excluding carboxylic acids is 1. The predicted octanol–water partition coefficient (Wildman–Crippen LogP) is 2.07. The summed E-state index contributed by atoms with van der Waals surface area (Å²) >= 11 is 6.17. The topological polar surface area (TPSA) is 101 Å². The van der Waals surface area contributed by atoms with Gasteiger partial charge in [0.1, 0.15) is 17.3 Å². The van der Waals surface area contributed by atoms with Crippen molar-refractivity contribution in [3.05, 3.63) is 53.1 Å². The molecular weight excluding hydrogens is 356 g/mol. The maximum atomic E-state index is 11.3. The van der Waals surface area contributed by atoms with E-state index >= 15 is 0 Å². The van der Waals surface area contributed by atoms with Crippen LogP contribution in [0.4, 0.5) is 0 Å². The number of halogens is 1. The quantitative estimate of drug-likeness (QED) is 0.711. The molecule has 0 aliphatic heterocycles. The molecule has 1 amide bonds. The van der Waals surface area contributed by atoms with E-state index in [1.54, 1.807) is 36.2 Å². The standard InChI is InChI=1S/C17H19ClN6O2/c1-10(23-7-6-20-11(23)2)17-21-16(9-15(19)25)22-24(17)13-8-12(18)4-5-14(13)26-3/h4-8,10H,9H2,1-3H3,(H2,19,25)/t10-/m1/s1. The molecule has 1 aromatic carbocycles. The van der Waals surface area contributed by atoms with E-state index in [2.05, 4.69) is 15.1 Å². The fraction of sp³-hybridized carbons (Fsp3) is 0.294. The third-order valence-corrected chi connectivity index (χ3v) is 4.27. The number of hydrogen-bond acceptors (Lipinski definition) is 5. The number of benzene rings is 1. The van der Waals surface area contributed by atoms with Crippen LogP contribution in [-0.2, 0) is 11.2 Å². The molecule has 136 valence electrons.